The summed E-state index contributed by atoms with van der Waals surface area (Å²) in [6, 6.07) is 0.838. The van der Waals surface area contributed by atoms with Crippen molar-refractivity contribution < 1.29 is 0 Å². The third-order valence-corrected chi connectivity index (χ3v) is 3.34. The summed E-state index contributed by atoms with van der Waals surface area (Å²) < 4.78 is 0. The standard InChI is InChI=1S/C10H20N2/c1-9-7-11-8-10(9)12-5-3-2-4-6-12/h9-11H,2-8H2,1H3/t9-,10-/m0/s1. The van der Waals surface area contributed by atoms with Gasteiger partial charge < -0.3 is 5.32 Å². The molecule has 2 aliphatic rings. The second-order valence-corrected chi connectivity index (χ2v) is 4.30. The van der Waals surface area contributed by atoms with Crippen molar-refractivity contribution in [2.75, 3.05) is 26.2 Å². The molecule has 0 saturated carbocycles. The maximum atomic E-state index is 3.48. The van der Waals surface area contributed by atoms with Crippen LogP contribution in [0.3, 0.4) is 0 Å². The molecule has 2 aliphatic heterocycles. The molecular weight excluding hydrogens is 148 g/mol. The van der Waals surface area contributed by atoms with Crippen LogP contribution in [-0.4, -0.2) is 37.1 Å². The third kappa shape index (κ3) is 1.64. The van der Waals surface area contributed by atoms with Gasteiger partial charge in [-0.15, -0.1) is 0 Å². The Labute approximate surface area is 75.3 Å². The van der Waals surface area contributed by atoms with Crippen LogP contribution in [0.25, 0.3) is 0 Å². The van der Waals surface area contributed by atoms with Crippen molar-refractivity contribution >= 4 is 0 Å². The highest BCUT2D eigenvalue weighted by molar-refractivity contribution is 4.87. The zero-order valence-electron chi connectivity index (χ0n) is 8.05. The highest BCUT2D eigenvalue weighted by Crippen LogP contribution is 2.19. The van der Waals surface area contributed by atoms with Crippen LogP contribution in [0, 0.1) is 5.92 Å². The first-order chi connectivity index (χ1) is 5.88. The molecule has 2 fully saturated rings. The molecule has 1 N–H and O–H groups in total. The SMILES string of the molecule is C[C@H]1CNC[C@@H]1N1CCCCC1. The van der Waals surface area contributed by atoms with Crippen LogP contribution in [0.4, 0.5) is 0 Å². The summed E-state index contributed by atoms with van der Waals surface area (Å²) in [6.45, 7) is 7.51. The summed E-state index contributed by atoms with van der Waals surface area (Å²) in [4.78, 5) is 2.69. The van der Waals surface area contributed by atoms with Gasteiger partial charge in [0, 0.05) is 12.6 Å². The van der Waals surface area contributed by atoms with E-state index in [1.165, 1.54) is 45.4 Å². The van der Waals surface area contributed by atoms with E-state index >= 15 is 0 Å². The molecule has 2 nitrogen and oxygen atoms in total. The Morgan fingerprint density at radius 2 is 1.83 bits per heavy atom. The van der Waals surface area contributed by atoms with Gasteiger partial charge in [0.1, 0.15) is 0 Å². The number of likely N-dealkylation sites (tertiary alicyclic amines) is 1. The van der Waals surface area contributed by atoms with Gasteiger partial charge in [-0.05, 0) is 38.4 Å². The summed E-state index contributed by atoms with van der Waals surface area (Å²) in [5.41, 5.74) is 0. The minimum absolute atomic E-state index is 0.838. The first kappa shape index (κ1) is 8.52. The predicted molar refractivity (Wildman–Crippen MR) is 51.2 cm³/mol. The lowest BCUT2D eigenvalue weighted by Gasteiger charge is -2.34. The van der Waals surface area contributed by atoms with Gasteiger partial charge in [0.05, 0.1) is 0 Å². The average Bonchev–Trinajstić information content (AvgIpc) is 2.53. The largest absolute Gasteiger partial charge is 0.315 e. The fourth-order valence-electron chi connectivity index (χ4n) is 2.54. The average molecular weight is 168 g/mol. The van der Waals surface area contributed by atoms with E-state index in [4.69, 9.17) is 0 Å². The molecule has 2 atom stereocenters. The minimum atomic E-state index is 0.838. The van der Waals surface area contributed by atoms with Crippen molar-refractivity contribution in [3.63, 3.8) is 0 Å². The first-order valence-electron chi connectivity index (χ1n) is 5.32. The molecule has 0 aliphatic carbocycles. The number of hydrogen-bond donors (Lipinski definition) is 1. The predicted octanol–water partition coefficient (Wildman–Crippen LogP) is 1.08. The molecule has 0 bridgehead atoms. The number of rotatable bonds is 1. The van der Waals surface area contributed by atoms with Crippen molar-refractivity contribution in [1.82, 2.24) is 10.2 Å². The van der Waals surface area contributed by atoms with E-state index < -0.39 is 0 Å². The Kier molecular flexibility index (Phi) is 2.66. The van der Waals surface area contributed by atoms with Gasteiger partial charge in [0.25, 0.3) is 0 Å². The molecule has 2 heterocycles. The summed E-state index contributed by atoms with van der Waals surface area (Å²) in [5.74, 6) is 0.864. The summed E-state index contributed by atoms with van der Waals surface area (Å²) in [7, 11) is 0. The van der Waals surface area contributed by atoms with Gasteiger partial charge in [-0.1, -0.05) is 13.3 Å². The Morgan fingerprint density at radius 3 is 2.42 bits per heavy atom. The van der Waals surface area contributed by atoms with E-state index in [-0.39, 0.29) is 0 Å². The van der Waals surface area contributed by atoms with Crippen molar-refractivity contribution in [1.29, 1.82) is 0 Å². The zero-order chi connectivity index (χ0) is 8.39. The molecular formula is C10H20N2. The molecule has 0 unspecified atom stereocenters. The fourth-order valence-corrected chi connectivity index (χ4v) is 2.54. The maximum Gasteiger partial charge on any atom is 0.0258 e. The lowest BCUT2D eigenvalue weighted by atomic mass is 10.0. The molecule has 0 aromatic carbocycles. The monoisotopic (exact) mass is 168 g/mol. The van der Waals surface area contributed by atoms with Gasteiger partial charge in [0.2, 0.25) is 0 Å². The van der Waals surface area contributed by atoms with Crippen molar-refractivity contribution in [2.24, 2.45) is 5.92 Å². The summed E-state index contributed by atoms with van der Waals surface area (Å²) in [5, 5.41) is 3.48. The fraction of sp³-hybridized carbons (Fsp3) is 1.00. The van der Waals surface area contributed by atoms with E-state index in [1.807, 2.05) is 0 Å². The third-order valence-electron chi connectivity index (χ3n) is 3.34. The quantitative estimate of drug-likeness (QED) is 0.630. The number of nitrogens with zero attached hydrogens (tertiary/aromatic N) is 1. The molecule has 0 amide bonds. The van der Waals surface area contributed by atoms with E-state index in [9.17, 15) is 0 Å². The smallest absolute Gasteiger partial charge is 0.0258 e. The lowest BCUT2D eigenvalue weighted by Crippen LogP contribution is -2.43. The number of nitrogens with one attached hydrogen (secondary N) is 1. The molecule has 0 radical (unpaired) electrons. The molecule has 70 valence electrons. The molecule has 12 heavy (non-hydrogen) atoms. The highest BCUT2D eigenvalue weighted by Gasteiger charge is 2.29. The minimum Gasteiger partial charge on any atom is -0.315 e. The van der Waals surface area contributed by atoms with E-state index in [0.29, 0.717) is 0 Å². The molecule has 0 spiro atoms. The molecule has 2 heteroatoms. The van der Waals surface area contributed by atoms with Crippen molar-refractivity contribution in [2.45, 2.75) is 32.2 Å². The van der Waals surface area contributed by atoms with Crippen LogP contribution in [-0.2, 0) is 0 Å². The summed E-state index contributed by atoms with van der Waals surface area (Å²) in [6.07, 6.45) is 4.29. The highest BCUT2D eigenvalue weighted by atomic mass is 15.2. The van der Waals surface area contributed by atoms with Crippen LogP contribution in [0.2, 0.25) is 0 Å². The normalized spacial score (nSPS) is 38.8. The van der Waals surface area contributed by atoms with Gasteiger partial charge in [-0.2, -0.15) is 0 Å². The second kappa shape index (κ2) is 3.75. The van der Waals surface area contributed by atoms with Gasteiger partial charge >= 0.3 is 0 Å². The summed E-state index contributed by atoms with van der Waals surface area (Å²) >= 11 is 0. The molecule has 0 aromatic rings. The Hall–Kier alpha value is -0.0800. The number of hydrogen-bond acceptors (Lipinski definition) is 2. The van der Waals surface area contributed by atoms with Crippen LogP contribution in [0.5, 0.6) is 0 Å². The molecule has 2 rings (SSSR count). The Balaban J connectivity index is 1.89. The van der Waals surface area contributed by atoms with Gasteiger partial charge in [-0.3, -0.25) is 4.90 Å². The van der Waals surface area contributed by atoms with E-state index in [0.717, 1.165) is 12.0 Å². The molecule has 2 saturated heterocycles. The van der Waals surface area contributed by atoms with Crippen LogP contribution in [0.1, 0.15) is 26.2 Å². The Morgan fingerprint density at radius 1 is 1.08 bits per heavy atom. The van der Waals surface area contributed by atoms with Crippen LogP contribution in [0.15, 0.2) is 0 Å². The second-order valence-electron chi connectivity index (χ2n) is 4.30. The maximum absolute atomic E-state index is 3.48. The topological polar surface area (TPSA) is 15.3 Å². The van der Waals surface area contributed by atoms with E-state index in [2.05, 4.69) is 17.1 Å². The zero-order valence-corrected chi connectivity index (χ0v) is 8.05. The Bertz CT molecular complexity index is 141. The number of piperidine rings is 1. The van der Waals surface area contributed by atoms with Crippen molar-refractivity contribution in [3.8, 4) is 0 Å². The van der Waals surface area contributed by atoms with Crippen LogP contribution < -0.4 is 5.32 Å². The molecule has 0 aromatic heterocycles. The van der Waals surface area contributed by atoms with Gasteiger partial charge in [-0.25, -0.2) is 0 Å². The van der Waals surface area contributed by atoms with E-state index in [1.54, 1.807) is 0 Å². The van der Waals surface area contributed by atoms with Gasteiger partial charge in [0.15, 0.2) is 0 Å². The van der Waals surface area contributed by atoms with Crippen molar-refractivity contribution in [3.05, 3.63) is 0 Å². The van der Waals surface area contributed by atoms with Crippen LogP contribution >= 0.6 is 0 Å². The first-order valence-corrected chi connectivity index (χ1v) is 5.32. The lowest BCUT2D eigenvalue weighted by molar-refractivity contribution is 0.148.